The van der Waals surface area contributed by atoms with Gasteiger partial charge < -0.3 is 9.84 Å². The van der Waals surface area contributed by atoms with Crippen molar-refractivity contribution < 1.29 is 14.6 Å². The Kier molecular flexibility index (Phi) is 5.48. The van der Waals surface area contributed by atoms with Crippen LogP contribution in [0.5, 0.6) is 0 Å². The van der Waals surface area contributed by atoms with Crippen molar-refractivity contribution in [3.8, 4) is 5.69 Å². The summed E-state index contributed by atoms with van der Waals surface area (Å²) in [4.78, 5) is 12.7. The first-order chi connectivity index (χ1) is 10.2. The third-order valence-corrected chi connectivity index (χ3v) is 3.08. The van der Waals surface area contributed by atoms with Crippen LogP contribution in [-0.2, 0) is 16.1 Å². The van der Waals surface area contributed by atoms with Crippen LogP contribution in [0.15, 0.2) is 42.7 Å². The first-order valence-corrected chi connectivity index (χ1v) is 6.71. The van der Waals surface area contributed by atoms with E-state index in [-0.39, 0.29) is 6.54 Å². The molecule has 1 N–H and O–H groups in total. The van der Waals surface area contributed by atoms with Crippen molar-refractivity contribution in [1.82, 2.24) is 14.7 Å². The molecule has 0 bridgehead atoms. The number of hydrogen-bond donors (Lipinski definition) is 1. The van der Waals surface area contributed by atoms with Gasteiger partial charge in [-0.05, 0) is 23.8 Å². The average molecular weight is 289 g/mol. The molecule has 21 heavy (non-hydrogen) atoms. The maximum absolute atomic E-state index is 10.9. The number of carbonyl (C=O) groups is 1. The largest absolute Gasteiger partial charge is 0.480 e. The van der Waals surface area contributed by atoms with Gasteiger partial charge in [0.05, 0.1) is 18.8 Å². The molecule has 0 spiro atoms. The van der Waals surface area contributed by atoms with E-state index >= 15 is 0 Å². The predicted octanol–water partition coefficient (Wildman–Crippen LogP) is 1.41. The van der Waals surface area contributed by atoms with Gasteiger partial charge in [-0.25, -0.2) is 4.68 Å². The lowest BCUT2D eigenvalue weighted by atomic mass is 10.2. The second-order valence-corrected chi connectivity index (χ2v) is 4.71. The van der Waals surface area contributed by atoms with Gasteiger partial charge in [-0.1, -0.05) is 12.1 Å². The SMILES string of the molecule is COCCN(CC(=O)O)Cc1ccc(-n2cccn2)cc1. The Labute approximate surface area is 123 Å². The van der Waals surface area contributed by atoms with Gasteiger partial charge in [-0.15, -0.1) is 0 Å². The Hall–Kier alpha value is -2.18. The third kappa shape index (κ3) is 4.70. The van der Waals surface area contributed by atoms with Gasteiger partial charge in [-0.2, -0.15) is 5.10 Å². The highest BCUT2D eigenvalue weighted by atomic mass is 16.5. The number of aromatic nitrogens is 2. The summed E-state index contributed by atoms with van der Waals surface area (Å²) >= 11 is 0. The Morgan fingerprint density at radius 2 is 2.14 bits per heavy atom. The number of benzene rings is 1. The minimum atomic E-state index is -0.834. The molecular weight excluding hydrogens is 270 g/mol. The topological polar surface area (TPSA) is 67.6 Å². The summed E-state index contributed by atoms with van der Waals surface area (Å²) in [7, 11) is 1.61. The first kappa shape index (κ1) is 15.2. The van der Waals surface area contributed by atoms with Gasteiger partial charge in [0.1, 0.15) is 0 Å². The molecule has 0 unspecified atom stereocenters. The van der Waals surface area contributed by atoms with Gasteiger partial charge >= 0.3 is 5.97 Å². The van der Waals surface area contributed by atoms with Crippen LogP contribution in [0.1, 0.15) is 5.56 Å². The van der Waals surface area contributed by atoms with Crippen molar-refractivity contribution >= 4 is 5.97 Å². The highest BCUT2D eigenvalue weighted by molar-refractivity contribution is 5.69. The lowest BCUT2D eigenvalue weighted by Crippen LogP contribution is -2.32. The molecule has 2 rings (SSSR count). The van der Waals surface area contributed by atoms with Crippen LogP contribution in [0.3, 0.4) is 0 Å². The highest BCUT2D eigenvalue weighted by Crippen LogP contribution is 2.10. The second kappa shape index (κ2) is 7.56. The van der Waals surface area contributed by atoms with Crippen LogP contribution in [0.2, 0.25) is 0 Å². The fourth-order valence-electron chi connectivity index (χ4n) is 2.06. The highest BCUT2D eigenvalue weighted by Gasteiger charge is 2.10. The van der Waals surface area contributed by atoms with Crippen LogP contribution < -0.4 is 0 Å². The maximum Gasteiger partial charge on any atom is 0.317 e. The summed E-state index contributed by atoms with van der Waals surface area (Å²) in [6, 6.07) is 9.78. The molecule has 1 aromatic heterocycles. The fourth-order valence-corrected chi connectivity index (χ4v) is 2.06. The maximum atomic E-state index is 10.9. The average Bonchev–Trinajstić information content (AvgIpc) is 2.99. The Bertz CT molecular complexity index is 552. The molecule has 0 saturated heterocycles. The zero-order chi connectivity index (χ0) is 15.1. The van der Waals surface area contributed by atoms with E-state index in [9.17, 15) is 4.79 Å². The summed E-state index contributed by atoms with van der Waals surface area (Å²) in [6.07, 6.45) is 3.61. The molecule has 0 amide bonds. The van der Waals surface area contributed by atoms with E-state index in [0.717, 1.165) is 11.3 Å². The van der Waals surface area contributed by atoms with Gasteiger partial charge in [0.25, 0.3) is 0 Å². The molecule has 0 saturated carbocycles. The molecule has 0 aliphatic heterocycles. The summed E-state index contributed by atoms with van der Waals surface area (Å²) in [5, 5.41) is 13.1. The fraction of sp³-hybridized carbons (Fsp3) is 0.333. The number of aliphatic carboxylic acids is 1. The predicted molar refractivity (Wildman–Crippen MR) is 78.4 cm³/mol. The van der Waals surface area contributed by atoms with E-state index in [4.69, 9.17) is 9.84 Å². The number of nitrogens with zero attached hydrogens (tertiary/aromatic N) is 3. The number of carboxylic acid groups (broad SMARTS) is 1. The molecule has 1 heterocycles. The summed E-state index contributed by atoms with van der Waals surface area (Å²) in [5.74, 6) is -0.834. The number of hydrogen-bond acceptors (Lipinski definition) is 4. The Morgan fingerprint density at radius 1 is 1.38 bits per heavy atom. The molecule has 6 heteroatoms. The number of rotatable bonds is 8. The van der Waals surface area contributed by atoms with Crippen molar-refractivity contribution in [2.24, 2.45) is 0 Å². The molecule has 0 fully saturated rings. The smallest absolute Gasteiger partial charge is 0.317 e. The Morgan fingerprint density at radius 3 is 2.71 bits per heavy atom. The van der Waals surface area contributed by atoms with E-state index < -0.39 is 5.97 Å². The van der Waals surface area contributed by atoms with Crippen LogP contribution in [0.4, 0.5) is 0 Å². The van der Waals surface area contributed by atoms with Gasteiger partial charge in [-0.3, -0.25) is 9.69 Å². The van der Waals surface area contributed by atoms with Crippen molar-refractivity contribution in [2.45, 2.75) is 6.54 Å². The van der Waals surface area contributed by atoms with E-state index in [1.165, 1.54) is 0 Å². The molecule has 112 valence electrons. The standard InChI is InChI=1S/C15H19N3O3/c1-21-10-9-17(12-15(19)20)11-13-3-5-14(6-4-13)18-8-2-7-16-18/h2-8H,9-12H2,1H3,(H,19,20). The summed E-state index contributed by atoms with van der Waals surface area (Å²) in [5.41, 5.74) is 2.04. The van der Waals surface area contributed by atoms with Gasteiger partial charge in [0.15, 0.2) is 0 Å². The van der Waals surface area contributed by atoms with Crippen LogP contribution in [0, 0.1) is 0 Å². The number of ether oxygens (including phenoxy) is 1. The van der Waals surface area contributed by atoms with E-state index in [1.54, 1.807) is 18.0 Å². The van der Waals surface area contributed by atoms with Gasteiger partial charge in [0.2, 0.25) is 0 Å². The number of carboxylic acids is 1. The van der Waals surface area contributed by atoms with Crippen LogP contribution in [0.25, 0.3) is 5.69 Å². The van der Waals surface area contributed by atoms with Gasteiger partial charge in [0, 0.05) is 32.6 Å². The zero-order valence-electron chi connectivity index (χ0n) is 12.0. The minimum Gasteiger partial charge on any atom is -0.480 e. The molecule has 6 nitrogen and oxygen atoms in total. The quantitative estimate of drug-likeness (QED) is 0.795. The van der Waals surface area contributed by atoms with Crippen LogP contribution in [-0.4, -0.2) is 52.6 Å². The summed E-state index contributed by atoms with van der Waals surface area (Å²) in [6.45, 7) is 1.68. The molecule has 0 atom stereocenters. The van der Waals surface area contributed by atoms with Crippen LogP contribution >= 0.6 is 0 Å². The first-order valence-electron chi connectivity index (χ1n) is 6.71. The molecular formula is C15H19N3O3. The molecule has 2 aromatic rings. The van der Waals surface area contributed by atoms with Crippen molar-refractivity contribution in [1.29, 1.82) is 0 Å². The summed E-state index contributed by atoms with van der Waals surface area (Å²) < 4.78 is 6.79. The van der Waals surface area contributed by atoms with Crippen molar-refractivity contribution in [2.75, 3.05) is 26.8 Å². The lowest BCUT2D eigenvalue weighted by Gasteiger charge is -2.20. The normalized spacial score (nSPS) is 11.0. The molecule has 1 aromatic carbocycles. The second-order valence-electron chi connectivity index (χ2n) is 4.71. The molecule has 0 radical (unpaired) electrons. The molecule has 0 aliphatic carbocycles. The van der Waals surface area contributed by atoms with Crippen molar-refractivity contribution in [3.05, 3.63) is 48.3 Å². The van der Waals surface area contributed by atoms with E-state index in [0.29, 0.717) is 19.7 Å². The number of methoxy groups -OCH3 is 1. The van der Waals surface area contributed by atoms with Crippen molar-refractivity contribution in [3.63, 3.8) is 0 Å². The third-order valence-electron chi connectivity index (χ3n) is 3.08. The monoisotopic (exact) mass is 289 g/mol. The zero-order valence-corrected chi connectivity index (χ0v) is 12.0. The Balaban J connectivity index is 2.01. The minimum absolute atomic E-state index is 0.00423. The molecule has 0 aliphatic rings. The van der Waals surface area contributed by atoms with E-state index in [1.807, 2.05) is 41.4 Å². The van der Waals surface area contributed by atoms with E-state index in [2.05, 4.69) is 5.10 Å². The lowest BCUT2D eigenvalue weighted by molar-refractivity contribution is -0.138.